The summed E-state index contributed by atoms with van der Waals surface area (Å²) in [6, 6.07) is 5.81. The first-order chi connectivity index (χ1) is 9.28. The summed E-state index contributed by atoms with van der Waals surface area (Å²) in [6.07, 6.45) is 4.20. The third-order valence-electron chi connectivity index (χ3n) is 4.58. The highest BCUT2D eigenvalue weighted by molar-refractivity contribution is 5.45. The number of hydrogen-bond acceptors (Lipinski definition) is 3. The maximum Gasteiger partial charge on any atom is 0.162 e. The van der Waals surface area contributed by atoms with Gasteiger partial charge in [-0.25, -0.2) is 0 Å². The zero-order chi connectivity index (χ0) is 13.2. The standard InChI is InChI=1S/C16H23NO2/c1-2-19-15-8-4-7-14(16(15)18)11-17-9-12-5-3-6-13(12)10-17/h4,7-8,12-13,18H,2-3,5-6,9-11H2,1H3. The highest BCUT2D eigenvalue weighted by atomic mass is 16.5. The fourth-order valence-corrected chi connectivity index (χ4v) is 3.67. The number of ether oxygens (including phenoxy) is 1. The number of hydrogen-bond donors (Lipinski definition) is 1. The van der Waals surface area contributed by atoms with Gasteiger partial charge in [-0.1, -0.05) is 18.6 Å². The second-order valence-corrected chi connectivity index (χ2v) is 5.84. The van der Waals surface area contributed by atoms with Gasteiger partial charge in [-0.05, 0) is 37.7 Å². The van der Waals surface area contributed by atoms with Gasteiger partial charge in [-0.3, -0.25) is 4.90 Å². The molecule has 0 bridgehead atoms. The van der Waals surface area contributed by atoms with Gasteiger partial charge in [-0.15, -0.1) is 0 Å². The number of aromatic hydroxyl groups is 1. The van der Waals surface area contributed by atoms with E-state index < -0.39 is 0 Å². The van der Waals surface area contributed by atoms with E-state index in [1.165, 1.54) is 32.4 Å². The molecule has 1 aliphatic heterocycles. The number of nitrogens with zero attached hydrogens (tertiary/aromatic N) is 1. The van der Waals surface area contributed by atoms with Crippen LogP contribution in [0.3, 0.4) is 0 Å². The quantitative estimate of drug-likeness (QED) is 0.904. The molecule has 1 aromatic rings. The number of phenolic OH excluding ortho intramolecular Hbond substituents is 1. The largest absolute Gasteiger partial charge is 0.504 e. The van der Waals surface area contributed by atoms with Gasteiger partial charge in [0.05, 0.1) is 6.61 Å². The molecule has 3 rings (SSSR count). The summed E-state index contributed by atoms with van der Waals surface area (Å²) >= 11 is 0. The SMILES string of the molecule is CCOc1cccc(CN2CC3CCCC3C2)c1O. The number of likely N-dealkylation sites (tertiary alicyclic amines) is 1. The lowest BCUT2D eigenvalue weighted by Gasteiger charge is -2.18. The minimum atomic E-state index is 0.321. The maximum atomic E-state index is 10.2. The van der Waals surface area contributed by atoms with Crippen LogP contribution >= 0.6 is 0 Å². The summed E-state index contributed by atoms with van der Waals surface area (Å²) in [7, 11) is 0. The average Bonchev–Trinajstić information content (AvgIpc) is 2.95. The number of phenols is 1. The molecule has 2 aliphatic rings. The van der Waals surface area contributed by atoms with E-state index in [0.29, 0.717) is 18.1 Å². The molecule has 1 N–H and O–H groups in total. The Kier molecular flexibility index (Phi) is 3.65. The van der Waals surface area contributed by atoms with Crippen molar-refractivity contribution in [1.82, 2.24) is 4.90 Å². The summed E-state index contributed by atoms with van der Waals surface area (Å²) in [5.74, 6) is 2.73. The van der Waals surface area contributed by atoms with Gasteiger partial charge in [0.25, 0.3) is 0 Å². The van der Waals surface area contributed by atoms with Crippen LogP contribution in [0.15, 0.2) is 18.2 Å². The van der Waals surface area contributed by atoms with Crippen molar-refractivity contribution in [3.05, 3.63) is 23.8 Å². The first kappa shape index (κ1) is 12.8. The summed E-state index contributed by atoms with van der Waals surface area (Å²) in [4.78, 5) is 2.49. The van der Waals surface area contributed by atoms with E-state index in [0.717, 1.165) is 23.9 Å². The molecule has 1 aromatic carbocycles. The summed E-state index contributed by atoms with van der Waals surface area (Å²) < 4.78 is 5.45. The predicted octanol–water partition coefficient (Wildman–Crippen LogP) is 3.02. The van der Waals surface area contributed by atoms with Crippen LogP contribution in [-0.2, 0) is 6.54 Å². The Hall–Kier alpha value is -1.22. The molecule has 2 atom stereocenters. The van der Waals surface area contributed by atoms with Crippen molar-refractivity contribution in [2.24, 2.45) is 11.8 Å². The molecule has 0 amide bonds. The van der Waals surface area contributed by atoms with Crippen molar-refractivity contribution in [2.75, 3.05) is 19.7 Å². The van der Waals surface area contributed by atoms with Crippen LogP contribution in [0.25, 0.3) is 0 Å². The Labute approximate surface area is 115 Å². The Morgan fingerprint density at radius 2 is 2.00 bits per heavy atom. The molecule has 1 saturated heterocycles. The second kappa shape index (κ2) is 5.41. The van der Waals surface area contributed by atoms with E-state index in [2.05, 4.69) is 4.90 Å². The average molecular weight is 261 g/mol. The van der Waals surface area contributed by atoms with Crippen LogP contribution in [0, 0.1) is 11.8 Å². The van der Waals surface area contributed by atoms with Crippen molar-refractivity contribution in [3.63, 3.8) is 0 Å². The minimum absolute atomic E-state index is 0.321. The molecule has 104 valence electrons. The van der Waals surface area contributed by atoms with E-state index in [4.69, 9.17) is 4.74 Å². The Morgan fingerprint density at radius 1 is 1.26 bits per heavy atom. The smallest absolute Gasteiger partial charge is 0.162 e. The lowest BCUT2D eigenvalue weighted by atomic mass is 10.0. The predicted molar refractivity (Wildman–Crippen MR) is 75.4 cm³/mol. The number of fused-ring (bicyclic) bond motifs is 1. The fourth-order valence-electron chi connectivity index (χ4n) is 3.67. The summed E-state index contributed by atoms with van der Waals surface area (Å²) in [6.45, 7) is 5.77. The van der Waals surface area contributed by atoms with Crippen LogP contribution in [0.4, 0.5) is 0 Å². The van der Waals surface area contributed by atoms with Crippen molar-refractivity contribution < 1.29 is 9.84 Å². The van der Waals surface area contributed by atoms with Gasteiger partial charge in [0.15, 0.2) is 11.5 Å². The molecular weight excluding hydrogens is 238 g/mol. The van der Waals surface area contributed by atoms with Crippen LogP contribution in [0.1, 0.15) is 31.7 Å². The Morgan fingerprint density at radius 3 is 2.68 bits per heavy atom. The van der Waals surface area contributed by atoms with E-state index in [1.807, 2.05) is 25.1 Å². The van der Waals surface area contributed by atoms with Crippen LogP contribution in [-0.4, -0.2) is 29.7 Å². The van der Waals surface area contributed by atoms with Gasteiger partial charge >= 0.3 is 0 Å². The van der Waals surface area contributed by atoms with Gasteiger partial charge < -0.3 is 9.84 Å². The molecule has 1 aliphatic carbocycles. The lowest BCUT2D eigenvalue weighted by molar-refractivity contribution is 0.289. The first-order valence-corrected chi connectivity index (χ1v) is 7.44. The highest BCUT2D eigenvalue weighted by Crippen LogP contribution is 2.39. The van der Waals surface area contributed by atoms with Crippen LogP contribution in [0.5, 0.6) is 11.5 Å². The molecule has 2 fully saturated rings. The van der Waals surface area contributed by atoms with Gasteiger partial charge in [0.1, 0.15) is 0 Å². The third-order valence-corrected chi connectivity index (χ3v) is 4.58. The molecule has 2 unspecified atom stereocenters. The van der Waals surface area contributed by atoms with Crippen LogP contribution < -0.4 is 4.74 Å². The molecule has 19 heavy (non-hydrogen) atoms. The molecular formula is C16H23NO2. The molecule has 1 saturated carbocycles. The van der Waals surface area contributed by atoms with E-state index in [-0.39, 0.29) is 0 Å². The highest BCUT2D eigenvalue weighted by Gasteiger charge is 2.36. The molecule has 3 heteroatoms. The van der Waals surface area contributed by atoms with E-state index >= 15 is 0 Å². The maximum absolute atomic E-state index is 10.2. The molecule has 1 heterocycles. The number of para-hydroxylation sites is 1. The zero-order valence-corrected chi connectivity index (χ0v) is 11.6. The van der Waals surface area contributed by atoms with Gasteiger partial charge in [0, 0.05) is 25.2 Å². The molecule has 0 radical (unpaired) electrons. The summed E-state index contributed by atoms with van der Waals surface area (Å²) in [5.41, 5.74) is 0.992. The number of rotatable bonds is 4. The van der Waals surface area contributed by atoms with Crippen molar-refractivity contribution in [2.45, 2.75) is 32.7 Å². The third kappa shape index (κ3) is 2.57. The van der Waals surface area contributed by atoms with Crippen molar-refractivity contribution in [3.8, 4) is 11.5 Å². The topological polar surface area (TPSA) is 32.7 Å². The number of benzene rings is 1. The molecule has 0 aromatic heterocycles. The van der Waals surface area contributed by atoms with Crippen LogP contribution in [0.2, 0.25) is 0 Å². The molecule has 3 nitrogen and oxygen atoms in total. The van der Waals surface area contributed by atoms with Gasteiger partial charge in [-0.2, -0.15) is 0 Å². The van der Waals surface area contributed by atoms with Crippen molar-refractivity contribution >= 4 is 0 Å². The van der Waals surface area contributed by atoms with Crippen molar-refractivity contribution in [1.29, 1.82) is 0 Å². The summed E-state index contributed by atoms with van der Waals surface area (Å²) in [5, 5.41) is 10.2. The Balaban J connectivity index is 1.68. The van der Waals surface area contributed by atoms with Gasteiger partial charge in [0.2, 0.25) is 0 Å². The minimum Gasteiger partial charge on any atom is -0.504 e. The van der Waals surface area contributed by atoms with E-state index in [1.54, 1.807) is 0 Å². The molecule has 0 spiro atoms. The Bertz CT molecular complexity index is 434. The van der Waals surface area contributed by atoms with E-state index in [9.17, 15) is 5.11 Å². The normalized spacial score (nSPS) is 26.6. The zero-order valence-electron chi connectivity index (χ0n) is 11.6. The monoisotopic (exact) mass is 261 g/mol. The first-order valence-electron chi connectivity index (χ1n) is 7.44. The second-order valence-electron chi connectivity index (χ2n) is 5.84. The lowest BCUT2D eigenvalue weighted by Crippen LogP contribution is -2.21. The fraction of sp³-hybridized carbons (Fsp3) is 0.625.